The fourth-order valence-corrected chi connectivity index (χ4v) is 3.24. The number of rotatable bonds is 5. The van der Waals surface area contributed by atoms with Gasteiger partial charge in [0.2, 0.25) is 11.9 Å². The Hall–Kier alpha value is -2.51. The van der Waals surface area contributed by atoms with Crippen molar-refractivity contribution in [3.63, 3.8) is 0 Å². The van der Waals surface area contributed by atoms with Crippen molar-refractivity contribution in [3.05, 3.63) is 12.7 Å². The number of amidine groups is 1. The molecule has 1 unspecified atom stereocenters. The molecule has 8 heteroatoms. The Morgan fingerprint density at radius 1 is 1.40 bits per heavy atom. The van der Waals surface area contributed by atoms with Crippen LogP contribution in [0, 0.1) is 5.92 Å². The standard InChI is InChI=1S/C17H25N6O2/c1-6-8-23-16-18-14-13(22(16)10-12(4)19-23)15(24)21(9-7-11(2)3)17(25)20(14)5/h6,11,13H,1,7-10H2,2-5H3/q+1. The van der Waals surface area contributed by atoms with E-state index in [1.807, 2.05) is 11.5 Å². The number of aliphatic imine (C=N–C) groups is 1. The number of carbonyl (C=O) groups is 2. The molecule has 3 aliphatic rings. The van der Waals surface area contributed by atoms with Crippen molar-refractivity contribution in [3.8, 4) is 0 Å². The van der Waals surface area contributed by atoms with E-state index in [4.69, 9.17) is 0 Å². The molecule has 25 heavy (non-hydrogen) atoms. The molecular weight excluding hydrogens is 320 g/mol. The molecule has 3 rings (SSSR count). The van der Waals surface area contributed by atoms with Crippen molar-refractivity contribution in [2.75, 3.05) is 26.7 Å². The molecule has 3 heterocycles. The lowest BCUT2D eigenvalue weighted by Gasteiger charge is -2.34. The summed E-state index contributed by atoms with van der Waals surface area (Å²) in [5, 5.41) is 6.21. The molecule has 1 fully saturated rings. The van der Waals surface area contributed by atoms with Crippen LogP contribution in [0.1, 0.15) is 27.2 Å². The fourth-order valence-electron chi connectivity index (χ4n) is 3.24. The Balaban J connectivity index is 1.95. The zero-order valence-electron chi connectivity index (χ0n) is 15.3. The molecule has 0 bridgehead atoms. The van der Waals surface area contributed by atoms with Gasteiger partial charge in [0.15, 0.2) is 0 Å². The highest BCUT2D eigenvalue weighted by Gasteiger charge is 2.54. The Labute approximate surface area is 147 Å². The van der Waals surface area contributed by atoms with Crippen LogP contribution in [0.25, 0.3) is 0 Å². The fraction of sp³-hybridized carbons (Fsp3) is 0.588. The largest absolute Gasteiger partial charge is 0.417 e. The van der Waals surface area contributed by atoms with E-state index in [1.54, 1.807) is 18.1 Å². The van der Waals surface area contributed by atoms with Crippen LogP contribution in [0.2, 0.25) is 0 Å². The Morgan fingerprint density at radius 2 is 2.12 bits per heavy atom. The molecule has 0 N–H and O–H groups in total. The van der Waals surface area contributed by atoms with E-state index >= 15 is 0 Å². The second-order valence-electron chi connectivity index (χ2n) is 7.02. The topological polar surface area (TPSA) is 71.6 Å². The van der Waals surface area contributed by atoms with Gasteiger partial charge in [0.25, 0.3) is 5.91 Å². The van der Waals surface area contributed by atoms with E-state index in [9.17, 15) is 9.59 Å². The molecule has 0 aromatic rings. The van der Waals surface area contributed by atoms with Crippen molar-refractivity contribution < 1.29 is 14.2 Å². The second-order valence-corrected chi connectivity index (χ2v) is 7.02. The van der Waals surface area contributed by atoms with E-state index in [1.165, 1.54) is 9.80 Å². The number of imide groups is 1. The van der Waals surface area contributed by atoms with Crippen LogP contribution in [0.5, 0.6) is 0 Å². The number of carbonyl (C=O) groups excluding carboxylic acids is 2. The van der Waals surface area contributed by atoms with Gasteiger partial charge in [-0.2, -0.15) is 0 Å². The molecule has 0 radical (unpaired) electrons. The van der Waals surface area contributed by atoms with Gasteiger partial charge in [-0.15, -0.1) is 10.1 Å². The smallest absolute Gasteiger partial charge is 0.270 e. The van der Waals surface area contributed by atoms with E-state index in [0.29, 0.717) is 37.3 Å². The minimum Gasteiger partial charge on any atom is -0.270 e. The summed E-state index contributed by atoms with van der Waals surface area (Å²) in [5.41, 5.74) is 0.892. The second kappa shape index (κ2) is 6.42. The van der Waals surface area contributed by atoms with Gasteiger partial charge in [0, 0.05) is 13.6 Å². The van der Waals surface area contributed by atoms with Crippen LogP contribution in [0.15, 0.2) is 22.7 Å². The van der Waals surface area contributed by atoms with Crippen molar-refractivity contribution in [2.24, 2.45) is 16.0 Å². The molecule has 3 aliphatic heterocycles. The first-order chi connectivity index (χ1) is 11.8. The van der Waals surface area contributed by atoms with Crippen LogP contribution < -0.4 is 0 Å². The maximum absolute atomic E-state index is 13.1. The highest BCUT2D eigenvalue weighted by molar-refractivity contribution is 6.23. The van der Waals surface area contributed by atoms with Gasteiger partial charge in [-0.1, -0.05) is 31.5 Å². The Kier molecular flexibility index (Phi) is 4.45. The summed E-state index contributed by atoms with van der Waals surface area (Å²) in [6.45, 7) is 11.3. The molecule has 1 saturated heterocycles. The lowest BCUT2D eigenvalue weighted by molar-refractivity contribution is -0.527. The highest BCUT2D eigenvalue weighted by Crippen LogP contribution is 2.23. The Morgan fingerprint density at radius 3 is 2.76 bits per heavy atom. The van der Waals surface area contributed by atoms with E-state index in [-0.39, 0.29) is 11.9 Å². The van der Waals surface area contributed by atoms with E-state index < -0.39 is 6.04 Å². The molecule has 1 atom stereocenters. The number of amides is 3. The zero-order valence-corrected chi connectivity index (χ0v) is 15.3. The van der Waals surface area contributed by atoms with Crippen LogP contribution in [-0.2, 0) is 4.79 Å². The number of hydrazone groups is 1. The summed E-state index contributed by atoms with van der Waals surface area (Å²) in [5.74, 6) is 1.29. The monoisotopic (exact) mass is 345 g/mol. The summed E-state index contributed by atoms with van der Waals surface area (Å²) in [4.78, 5) is 33.1. The predicted octanol–water partition coefficient (Wildman–Crippen LogP) is 0.953. The van der Waals surface area contributed by atoms with Crippen molar-refractivity contribution in [1.29, 1.82) is 0 Å². The first-order valence-electron chi connectivity index (χ1n) is 8.59. The van der Waals surface area contributed by atoms with Crippen LogP contribution in [0.4, 0.5) is 4.79 Å². The third-order valence-corrected chi connectivity index (χ3v) is 4.54. The lowest BCUT2D eigenvalue weighted by atomic mass is 10.1. The number of urea groups is 1. The van der Waals surface area contributed by atoms with Crippen LogP contribution in [0.3, 0.4) is 0 Å². The van der Waals surface area contributed by atoms with E-state index in [2.05, 4.69) is 30.5 Å². The normalized spacial score (nSPS) is 23.1. The molecular formula is C17H25N6O2+. The Bertz CT molecular complexity index is 721. The van der Waals surface area contributed by atoms with Gasteiger partial charge in [0.05, 0.1) is 5.71 Å². The molecule has 8 nitrogen and oxygen atoms in total. The minimum atomic E-state index is -0.567. The molecule has 0 aliphatic carbocycles. The van der Waals surface area contributed by atoms with Gasteiger partial charge < -0.3 is 0 Å². The van der Waals surface area contributed by atoms with Gasteiger partial charge in [-0.3, -0.25) is 14.6 Å². The number of hydrogen-bond donors (Lipinski definition) is 0. The number of hydrogen-bond acceptors (Lipinski definition) is 5. The molecule has 0 saturated carbocycles. The van der Waals surface area contributed by atoms with Gasteiger partial charge in [0.1, 0.15) is 13.1 Å². The maximum Gasteiger partial charge on any atom is 0.417 e. The molecule has 0 spiro atoms. The number of fused-ring (bicyclic) bond motifs is 2. The van der Waals surface area contributed by atoms with Crippen molar-refractivity contribution in [2.45, 2.75) is 33.2 Å². The van der Waals surface area contributed by atoms with Crippen molar-refractivity contribution >= 4 is 29.4 Å². The first kappa shape index (κ1) is 17.3. The molecule has 0 aromatic heterocycles. The summed E-state index contributed by atoms with van der Waals surface area (Å²) >= 11 is 0. The zero-order chi connectivity index (χ0) is 18.3. The summed E-state index contributed by atoms with van der Waals surface area (Å²) in [6, 6.07) is -0.878. The first-order valence-corrected chi connectivity index (χ1v) is 8.59. The van der Waals surface area contributed by atoms with Crippen LogP contribution >= 0.6 is 0 Å². The summed E-state index contributed by atoms with van der Waals surface area (Å²) in [7, 11) is 1.67. The highest BCUT2D eigenvalue weighted by atomic mass is 16.2. The number of nitrogens with zero attached hydrogens (tertiary/aromatic N) is 6. The quantitative estimate of drug-likeness (QED) is 0.550. The lowest BCUT2D eigenvalue weighted by Crippen LogP contribution is -2.63. The number of likely N-dealkylation sites (N-methyl/N-ethyl adjacent to an activating group) is 1. The third-order valence-electron chi connectivity index (χ3n) is 4.54. The average Bonchev–Trinajstić information content (AvgIpc) is 2.92. The number of guanidine groups is 1. The van der Waals surface area contributed by atoms with Gasteiger partial charge >= 0.3 is 12.0 Å². The van der Waals surface area contributed by atoms with Crippen molar-refractivity contribution in [1.82, 2.24) is 14.8 Å². The summed E-state index contributed by atoms with van der Waals surface area (Å²) < 4.78 is 1.93. The van der Waals surface area contributed by atoms with Gasteiger partial charge in [-0.25, -0.2) is 9.37 Å². The SMILES string of the molecule is C=CCN1N=C(C)C[N+]2=C1N=C1C2C(=O)N(CCC(C)C)C(=O)N1C. The van der Waals surface area contributed by atoms with Gasteiger partial charge in [-0.05, 0) is 19.3 Å². The van der Waals surface area contributed by atoms with E-state index in [0.717, 1.165) is 12.1 Å². The average molecular weight is 345 g/mol. The maximum atomic E-state index is 13.1. The predicted molar refractivity (Wildman–Crippen MR) is 95.7 cm³/mol. The molecule has 0 aromatic carbocycles. The molecule has 3 amide bonds. The minimum absolute atomic E-state index is 0.203. The summed E-state index contributed by atoms with van der Waals surface area (Å²) in [6.07, 6.45) is 2.52. The van der Waals surface area contributed by atoms with Crippen LogP contribution in [-0.4, -0.2) is 81.6 Å². The third kappa shape index (κ3) is 2.85. The molecule has 134 valence electrons.